The summed E-state index contributed by atoms with van der Waals surface area (Å²) in [5, 5.41) is 17.5. The van der Waals surface area contributed by atoms with Gasteiger partial charge in [0.05, 0.1) is 47.1 Å². The molecule has 2 aromatic heterocycles. The Morgan fingerprint density at radius 1 is 1.24 bits per heavy atom. The first-order valence-corrected chi connectivity index (χ1v) is 13.2. The van der Waals surface area contributed by atoms with E-state index in [2.05, 4.69) is 21.5 Å². The zero-order valence-electron chi connectivity index (χ0n) is 20.3. The summed E-state index contributed by atoms with van der Waals surface area (Å²) in [5.41, 5.74) is -2.32. The van der Waals surface area contributed by atoms with Crippen molar-refractivity contribution >= 4 is 26.6 Å². The zero-order valence-corrected chi connectivity index (χ0v) is 21.1. The molecule has 13 heteroatoms. The summed E-state index contributed by atoms with van der Waals surface area (Å²) in [4.78, 5) is 17.2. The van der Waals surface area contributed by atoms with E-state index in [-0.39, 0.29) is 52.5 Å². The molecule has 0 radical (unpaired) electrons. The van der Waals surface area contributed by atoms with Crippen LogP contribution in [0.1, 0.15) is 48.9 Å². The molecule has 1 aliphatic heterocycles. The lowest BCUT2D eigenvalue weighted by Crippen LogP contribution is -2.36. The number of nitrogens with zero attached hydrogens (tertiary/aromatic N) is 4. The van der Waals surface area contributed by atoms with E-state index < -0.39 is 44.7 Å². The normalized spacial score (nSPS) is 17.4. The second-order valence-electron chi connectivity index (χ2n) is 8.98. The van der Waals surface area contributed by atoms with Gasteiger partial charge in [0.25, 0.3) is 12.0 Å². The SMILES string of the molecule is COc1nc2c(=O)n(C)nc(N[C@H](C)c3cccc(C(F)F)c3F)c2cc1C1(C#N)CCS(=O)(=O)CC1. The Morgan fingerprint density at radius 3 is 2.49 bits per heavy atom. The van der Waals surface area contributed by atoms with Gasteiger partial charge in [0.1, 0.15) is 21.2 Å². The van der Waals surface area contributed by atoms with Crippen molar-refractivity contribution in [1.29, 1.82) is 5.26 Å². The Hall–Kier alpha value is -3.66. The van der Waals surface area contributed by atoms with E-state index in [1.54, 1.807) is 6.92 Å². The van der Waals surface area contributed by atoms with Crippen LogP contribution in [0.5, 0.6) is 5.88 Å². The maximum absolute atomic E-state index is 14.8. The molecule has 0 bridgehead atoms. The minimum absolute atomic E-state index is 0.00586. The lowest BCUT2D eigenvalue weighted by molar-refractivity contribution is 0.146. The number of ether oxygens (including phenoxy) is 1. The number of alkyl halides is 2. The highest BCUT2D eigenvalue weighted by Crippen LogP contribution is 2.42. The van der Waals surface area contributed by atoms with Crippen LogP contribution in [0.4, 0.5) is 19.0 Å². The molecule has 0 spiro atoms. The summed E-state index contributed by atoms with van der Waals surface area (Å²) in [6.45, 7) is 1.55. The molecule has 1 atom stereocenters. The maximum atomic E-state index is 14.8. The minimum atomic E-state index is -3.29. The predicted octanol–water partition coefficient (Wildman–Crippen LogP) is 3.56. The van der Waals surface area contributed by atoms with Crippen LogP contribution >= 0.6 is 0 Å². The first-order chi connectivity index (χ1) is 17.4. The summed E-state index contributed by atoms with van der Waals surface area (Å²) in [6.07, 6.45) is -2.97. The number of halogens is 3. The van der Waals surface area contributed by atoms with Crippen molar-refractivity contribution in [3.63, 3.8) is 0 Å². The molecule has 3 heterocycles. The van der Waals surface area contributed by atoms with E-state index in [1.807, 2.05) is 0 Å². The number of fused-ring (bicyclic) bond motifs is 1. The monoisotopic (exact) mass is 535 g/mol. The van der Waals surface area contributed by atoms with Crippen LogP contribution in [-0.4, -0.2) is 41.8 Å². The zero-order chi connectivity index (χ0) is 27.1. The van der Waals surface area contributed by atoms with Crippen molar-refractivity contribution in [2.75, 3.05) is 23.9 Å². The van der Waals surface area contributed by atoms with Crippen LogP contribution in [0.3, 0.4) is 0 Å². The highest BCUT2D eigenvalue weighted by atomic mass is 32.2. The molecule has 0 amide bonds. The van der Waals surface area contributed by atoms with Crippen molar-refractivity contribution in [2.45, 2.75) is 37.6 Å². The van der Waals surface area contributed by atoms with E-state index in [0.717, 1.165) is 10.7 Å². The summed E-state index contributed by atoms with van der Waals surface area (Å²) >= 11 is 0. The van der Waals surface area contributed by atoms with Crippen LogP contribution in [0.15, 0.2) is 29.1 Å². The van der Waals surface area contributed by atoms with Crippen molar-refractivity contribution in [3.8, 4) is 11.9 Å². The molecule has 1 aliphatic rings. The van der Waals surface area contributed by atoms with Gasteiger partial charge in [0.2, 0.25) is 5.88 Å². The Balaban J connectivity index is 1.88. The van der Waals surface area contributed by atoms with Crippen LogP contribution in [0, 0.1) is 17.1 Å². The topological polar surface area (TPSA) is 127 Å². The summed E-state index contributed by atoms with van der Waals surface area (Å²) in [6, 6.07) is 6.57. The third-order valence-electron chi connectivity index (χ3n) is 6.71. The third-order valence-corrected chi connectivity index (χ3v) is 8.36. The second-order valence-corrected chi connectivity index (χ2v) is 11.3. The standard InChI is InChI=1S/C24H24F3N5O4S/c1-13(14-5-4-6-15(18(14)25)20(26)27)29-21-16-11-17(24(12-28)7-9-37(34,35)10-8-24)22(36-3)30-19(16)23(33)32(2)31-21/h4-6,11,13,20H,7-10H2,1-3H3,(H,29,31)/t13-/m1/s1. The number of nitriles is 1. The quantitative estimate of drug-likeness (QED) is 0.508. The largest absolute Gasteiger partial charge is 0.481 e. The average Bonchev–Trinajstić information content (AvgIpc) is 2.86. The van der Waals surface area contributed by atoms with Crippen LogP contribution < -0.4 is 15.6 Å². The molecular weight excluding hydrogens is 511 g/mol. The van der Waals surface area contributed by atoms with Gasteiger partial charge in [-0.1, -0.05) is 18.2 Å². The van der Waals surface area contributed by atoms with Crippen molar-refractivity contribution in [1.82, 2.24) is 14.8 Å². The third kappa shape index (κ3) is 4.73. The van der Waals surface area contributed by atoms with Crippen molar-refractivity contribution < 1.29 is 26.3 Å². The Morgan fingerprint density at radius 2 is 1.89 bits per heavy atom. The molecule has 3 aromatic rings. The molecule has 0 aliphatic carbocycles. The number of aryl methyl sites for hydroxylation is 1. The summed E-state index contributed by atoms with van der Waals surface area (Å²) in [5.74, 6) is -1.35. The molecule has 196 valence electrons. The van der Waals surface area contributed by atoms with E-state index in [1.165, 1.54) is 32.4 Å². The highest BCUT2D eigenvalue weighted by molar-refractivity contribution is 7.91. The number of pyridine rings is 1. The molecule has 4 rings (SSSR count). The number of nitrogens with one attached hydrogen (secondary N) is 1. The van der Waals surface area contributed by atoms with Gasteiger partial charge in [-0.05, 0) is 25.8 Å². The molecule has 1 fully saturated rings. The molecule has 0 saturated carbocycles. The van der Waals surface area contributed by atoms with E-state index in [0.29, 0.717) is 5.56 Å². The number of methoxy groups -OCH3 is 1. The Kier molecular flexibility index (Phi) is 6.89. The lowest BCUT2D eigenvalue weighted by atomic mass is 9.77. The average molecular weight is 536 g/mol. The number of sulfone groups is 1. The van der Waals surface area contributed by atoms with Gasteiger partial charge in [0.15, 0.2) is 5.82 Å². The Labute approximate surface area is 210 Å². The van der Waals surface area contributed by atoms with E-state index >= 15 is 0 Å². The fourth-order valence-electron chi connectivity index (χ4n) is 4.53. The smallest absolute Gasteiger partial charge is 0.293 e. The van der Waals surface area contributed by atoms with Gasteiger partial charge in [-0.25, -0.2) is 31.3 Å². The number of benzene rings is 1. The van der Waals surface area contributed by atoms with E-state index in [4.69, 9.17) is 4.74 Å². The van der Waals surface area contributed by atoms with Gasteiger partial charge in [-0.2, -0.15) is 10.4 Å². The molecule has 0 unspecified atom stereocenters. The van der Waals surface area contributed by atoms with Crippen molar-refractivity contribution in [2.24, 2.45) is 7.05 Å². The number of aromatic nitrogens is 3. The predicted molar refractivity (Wildman–Crippen MR) is 130 cm³/mol. The highest BCUT2D eigenvalue weighted by Gasteiger charge is 2.42. The first kappa shape index (κ1) is 26.4. The number of hydrogen-bond donors (Lipinski definition) is 1. The van der Waals surface area contributed by atoms with Crippen LogP contribution in [0.25, 0.3) is 10.9 Å². The van der Waals surface area contributed by atoms with Crippen LogP contribution in [0.2, 0.25) is 0 Å². The molecule has 9 nitrogen and oxygen atoms in total. The number of hydrogen-bond acceptors (Lipinski definition) is 8. The van der Waals surface area contributed by atoms with Crippen LogP contribution in [-0.2, 0) is 22.3 Å². The van der Waals surface area contributed by atoms with Crippen molar-refractivity contribution in [3.05, 3.63) is 57.1 Å². The van der Waals surface area contributed by atoms with E-state index in [9.17, 15) is 31.6 Å². The van der Waals surface area contributed by atoms with Gasteiger partial charge in [0, 0.05) is 18.2 Å². The summed E-state index contributed by atoms with van der Waals surface area (Å²) < 4.78 is 71.7. The summed E-state index contributed by atoms with van der Waals surface area (Å²) in [7, 11) is -0.577. The van der Waals surface area contributed by atoms with Gasteiger partial charge in [-0.15, -0.1) is 0 Å². The first-order valence-electron chi connectivity index (χ1n) is 11.3. The number of anilines is 1. The number of rotatable bonds is 6. The van der Waals surface area contributed by atoms with Gasteiger partial charge in [-0.3, -0.25) is 4.79 Å². The molecular formula is C24H24F3N5O4S. The Bertz CT molecular complexity index is 1570. The molecule has 1 saturated heterocycles. The maximum Gasteiger partial charge on any atom is 0.293 e. The minimum Gasteiger partial charge on any atom is -0.481 e. The fraction of sp³-hybridized carbons (Fsp3) is 0.417. The lowest BCUT2D eigenvalue weighted by Gasteiger charge is -2.31. The second kappa shape index (κ2) is 9.66. The molecule has 37 heavy (non-hydrogen) atoms. The van der Waals surface area contributed by atoms with Gasteiger partial charge < -0.3 is 10.1 Å². The van der Waals surface area contributed by atoms with Gasteiger partial charge >= 0.3 is 0 Å². The fourth-order valence-corrected chi connectivity index (χ4v) is 6.05. The molecule has 1 N–H and O–H groups in total. The molecule has 1 aromatic carbocycles.